The maximum Gasteiger partial charge on any atom is 0.237 e. The number of pyridine rings is 1. The molecule has 4 heteroatoms. The number of aromatic nitrogens is 1. The molecule has 0 saturated carbocycles. The van der Waals surface area contributed by atoms with Crippen LogP contribution >= 0.6 is 11.6 Å². The minimum atomic E-state index is 0.0965. The molecule has 0 fully saturated rings. The highest BCUT2D eigenvalue weighted by Crippen LogP contribution is 2.23. The number of nitrogens with zero attached hydrogens (tertiary/aromatic N) is 1. The SMILES string of the molecule is Cc1ccc(CNc2cccnc2OC(C)C)cc1Cl. The molecule has 0 spiro atoms. The summed E-state index contributed by atoms with van der Waals surface area (Å²) in [5.41, 5.74) is 3.10. The molecule has 0 atom stereocenters. The Balaban J connectivity index is 2.08. The monoisotopic (exact) mass is 290 g/mol. The second-order valence-electron chi connectivity index (χ2n) is 4.96. The van der Waals surface area contributed by atoms with Crippen molar-refractivity contribution in [1.29, 1.82) is 0 Å². The van der Waals surface area contributed by atoms with Crippen LogP contribution in [0.5, 0.6) is 5.88 Å². The first-order valence-electron chi connectivity index (χ1n) is 6.67. The van der Waals surface area contributed by atoms with Gasteiger partial charge in [-0.2, -0.15) is 0 Å². The summed E-state index contributed by atoms with van der Waals surface area (Å²) in [6, 6.07) is 9.91. The number of hydrogen-bond donors (Lipinski definition) is 1. The summed E-state index contributed by atoms with van der Waals surface area (Å²) in [5, 5.41) is 4.12. The lowest BCUT2D eigenvalue weighted by molar-refractivity contribution is 0.234. The van der Waals surface area contributed by atoms with Crippen molar-refractivity contribution in [2.45, 2.75) is 33.4 Å². The van der Waals surface area contributed by atoms with Gasteiger partial charge >= 0.3 is 0 Å². The quantitative estimate of drug-likeness (QED) is 0.884. The van der Waals surface area contributed by atoms with E-state index in [-0.39, 0.29) is 6.10 Å². The molecule has 0 saturated heterocycles. The largest absolute Gasteiger partial charge is 0.473 e. The fourth-order valence-electron chi connectivity index (χ4n) is 1.79. The molecule has 20 heavy (non-hydrogen) atoms. The van der Waals surface area contributed by atoms with E-state index in [2.05, 4.69) is 16.4 Å². The number of ether oxygens (including phenoxy) is 1. The van der Waals surface area contributed by atoms with Crippen LogP contribution in [0.25, 0.3) is 0 Å². The average molecular weight is 291 g/mol. The molecule has 2 aromatic rings. The molecule has 0 aliphatic heterocycles. The van der Waals surface area contributed by atoms with Gasteiger partial charge < -0.3 is 10.1 Å². The van der Waals surface area contributed by atoms with E-state index in [0.717, 1.165) is 21.8 Å². The molecule has 1 aromatic heterocycles. The van der Waals surface area contributed by atoms with Crippen LogP contribution in [0.2, 0.25) is 5.02 Å². The van der Waals surface area contributed by atoms with E-state index in [9.17, 15) is 0 Å². The molecule has 0 radical (unpaired) electrons. The highest BCUT2D eigenvalue weighted by atomic mass is 35.5. The predicted molar refractivity (Wildman–Crippen MR) is 83.5 cm³/mol. The van der Waals surface area contributed by atoms with Gasteiger partial charge in [-0.25, -0.2) is 4.98 Å². The second kappa shape index (κ2) is 6.62. The van der Waals surface area contributed by atoms with Crippen LogP contribution in [0.4, 0.5) is 5.69 Å². The van der Waals surface area contributed by atoms with E-state index < -0.39 is 0 Å². The molecule has 3 nitrogen and oxygen atoms in total. The molecular formula is C16H19ClN2O. The molecule has 0 bridgehead atoms. The summed E-state index contributed by atoms with van der Waals surface area (Å²) >= 11 is 6.13. The average Bonchev–Trinajstić information content (AvgIpc) is 2.41. The van der Waals surface area contributed by atoms with Gasteiger partial charge in [0.15, 0.2) is 0 Å². The number of rotatable bonds is 5. The lowest BCUT2D eigenvalue weighted by Crippen LogP contribution is -2.10. The first-order valence-corrected chi connectivity index (χ1v) is 7.04. The van der Waals surface area contributed by atoms with Gasteiger partial charge in [-0.15, -0.1) is 0 Å². The van der Waals surface area contributed by atoms with Crippen molar-refractivity contribution in [3.05, 3.63) is 52.7 Å². The zero-order chi connectivity index (χ0) is 14.5. The lowest BCUT2D eigenvalue weighted by atomic mass is 10.1. The third-order valence-corrected chi connectivity index (χ3v) is 3.24. The van der Waals surface area contributed by atoms with Crippen molar-refractivity contribution in [3.8, 4) is 5.88 Å². The maximum absolute atomic E-state index is 6.13. The van der Waals surface area contributed by atoms with Crippen LogP contribution < -0.4 is 10.1 Å². The molecule has 106 valence electrons. The van der Waals surface area contributed by atoms with Gasteiger partial charge in [0, 0.05) is 17.8 Å². The van der Waals surface area contributed by atoms with Gasteiger partial charge in [0.25, 0.3) is 0 Å². The van der Waals surface area contributed by atoms with E-state index in [0.29, 0.717) is 12.4 Å². The van der Waals surface area contributed by atoms with E-state index in [1.807, 2.05) is 45.0 Å². The Morgan fingerprint density at radius 2 is 2.10 bits per heavy atom. The molecule has 1 aromatic carbocycles. The summed E-state index contributed by atoms with van der Waals surface area (Å²) < 4.78 is 5.68. The minimum absolute atomic E-state index is 0.0965. The number of benzene rings is 1. The fourth-order valence-corrected chi connectivity index (χ4v) is 1.99. The summed E-state index contributed by atoms with van der Waals surface area (Å²) in [5.74, 6) is 0.626. The van der Waals surface area contributed by atoms with Gasteiger partial charge in [0.05, 0.1) is 11.8 Å². The first kappa shape index (κ1) is 14.7. The van der Waals surface area contributed by atoms with Gasteiger partial charge in [-0.05, 0) is 50.1 Å². The number of halogens is 1. The third kappa shape index (κ3) is 3.87. The van der Waals surface area contributed by atoms with E-state index in [1.54, 1.807) is 6.20 Å². The number of hydrogen-bond acceptors (Lipinski definition) is 3. The second-order valence-corrected chi connectivity index (χ2v) is 5.37. The number of aryl methyl sites for hydroxylation is 1. The maximum atomic E-state index is 6.13. The van der Waals surface area contributed by atoms with Crippen molar-refractivity contribution in [2.24, 2.45) is 0 Å². The Bertz CT molecular complexity index is 584. The summed E-state index contributed by atoms with van der Waals surface area (Å²) in [4.78, 5) is 4.25. The van der Waals surface area contributed by atoms with Crippen LogP contribution in [0.3, 0.4) is 0 Å². The third-order valence-electron chi connectivity index (χ3n) is 2.84. The zero-order valence-electron chi connectivity index (χ0n) is 12.0. The molecule has 0 unspecified atom stereocenters. The Labute approximate surface area is 124 Å². The van der Waals surface area contributed by atoms with Crippen molar-refractivity contribution in [2.75, 3.05) is 5.32 Å². The van der Waals surface area contributed by atoms with Crippen molar-refractivity contribution in [1.82, 2.24) is 4.98 Å². The highest BCUT2D eigenvalue weighted by Gasteiger charge is 2.06. The van der Waals surface area contributed by atoms with Crippen LogP contribution in [-0.4, -0.2) is 11.1 Å². The van der Waals surface area contributed by atoms with Gasteiger partial charge in [-0.3, -0.25) is 0 Å². The molecule has 0 amide bonds. The van der Waals surface area contributed by atoms with E-state index in [4.69, 9.17) is 16.3 Å². The van der Waals surface area contributed by atoms with Gasteiger partial charge in [0.2, 0.25) is 5.88 Å². The number of anilines is 1. The summed E-state index contributed by atoms with van der Waals surface area (Å²) in [6.45, 7) is 6.64. The first-order chi connectivity index (χ1) is 9.56. The molecular weight excluding hydrogens is 272 g/mol. The normalized spacial score (nSPS) is 10.7. The van der Waals surface area contributed by atoms with E-state index >= 15 is 0 Å². The van der Waals surface area contributed by atoms with Crippen LogP contribution in [-0.2, 0) is 6.54 Å². The zero-order valence-corrected chi connectivity index (χ0v) is 12.7. The lowest BCUT2D eigenvalue weighted by Gasteiger charge is -2.14. The number of nitrogens with one attached hydrogen (secondary N) is 1. The van der Waals surface area contributed by atoms with Crippen molar-refractivity contribution < 1.29 is 4.74 Å². The fraction of sp³-hybridized carbons (Fsp3) is 0.312. The standard InChI is InChI=1S/C16H19ClN2O/c1-11(2)20-16-15(5-4-8-18-16)19-10-13-7-6-12(3)14(17)9-13/h4-9,11,19H,10H2,1-3H3. The highest BCUT2D eigenvalue weighted by molar-refractivity contribution is 6.31. The van der Waals surface area contributed by atoms with Crippen molar-refractivity contribution >= 4 is 17.3 Å². The molecule has 1 heterocycles. The Morgan fingerprint density at radius 1 is 1.30 bits per heavy atom. The molecule has 0 aliphatic carbocycles. The van der Waals surface area contributed by atoms with Crippen LogP contribution in [0.15, 0.2) is 36.5 Å². The van der Waals surface area contributed by atoms with Crippen molar-refractivity contribution in [3.63, 3.8) is 0 Å². The minimum Gasteiger partial charge on any atom is -0.473 e. The van der Waals surface area contributed by atoms with Crippen LogP contribution in [0.1, 0.15) is 25.0 Å². The predicted octanol–water partition coefficient (Wildman–Crippen LogP) is 4.44. The topological polar surface area (TPSA) is 34.2 Å². The Morgan fingerprint density at radius 3 is 2.80 bits per heavy atom. The molecule has 0 aliphatic rings. The molecule has 1 N–H and O–H groups in total. The van der Waals surface area contributed by atoms with Gasteiger partial charge in [-0.1, -0.05) is 23.7 Å². The Kier molecular flexibility index (Phi) is 4.85. The smallest absolute Gasteiger partial charge is 0.237 e. The van der Waals surface area contributed by atoms with E-state index in [1.165, 1.54) is 0 Å². The summed E-state index contributed by atoms with van der Waals surface area (Å²) in [6.07, 6.45) is 1.82. The Hall–Kier alpha value is -1.74. The molecule has 2 rings (SSSR count). The van der Waals surface area contributed by atoms with Gasteiger partial charge in [0.1, 0.15) is 0 Å². The summed E-state index contributed by atoms with van der Waals surface area (Å²) in [7, 11) is 0. The van der Waals surface area contributed by atoms with Crippen LogP contribution in [0, 0.1) is 6.92 Å².